The number of aromatic amines is 1. The molecule has 1 aliphatic carbocycles. The summed E-state index contributed by atoms with van der Waals surface area (Å²) in [5, 5.41) is 13.5. The van der Waals surface area contributed by atoms with Crippen molar-refractivity contribution >= 4 is 42.1 Å². The first-order valence-electron chi connectivity index (χ1n) is 14.4. The smallest absolute Gasteiger partial charge is 0.280 e. The maximum Gasteiger partial charge on any atom is 0.280 e. The van der Waals surface area contributed by atoms with Gasteiger partial charge in [-0.15, -0.1) is 0 Å². The quantitative estimate of drug-likeness (QED) is 0.194. The van der Waals surface area contributed by atoms with E-state index in [4.69, 9.17) is 9.16 Å². The molecule has 0 spiro atoms. The second-order valence-corrected chi connectivity index (χ2v) is 16.8. The number of H-pyrrole nitrogens is 1. The molecule has 220 valence electrons. The summed E-state index contributed by atoms with van der Waals surface area (Å²) in [6.45, 7) is 6.77. The first kappa shape index (κ1) is 28.5. The maximum atomic E-state index is 12.7. The van der Waals surface area contributed by atoms with Gasteiger partial charge in [0, 0.05) is 32.9 Å². The Labute approximate surface area is 246 Å². The van der Waals surface area contributed by atoms with E-state index in [2.05, 4.69) is 89.2 Å². The van der Waals surface area contributed by atoms with E-state index in [0.717, 1.165) is 0 Å². The van der Waals surface area contributed by atoms with Crippen LogP contribution in [0.25, 0.3) is 11.2 Å². The minimum Gasteiger partial charge on any atom is -0.404 e. The Morgan fingerprint density at radius 3 is 2.33 bits per heavy atom. The SMILES string of the molecule is CN(C)C=Nc1nc2c(ncn2[C@H]2C[C@@H]3[C@H](O2)[C@H](O)C[C@H]3O[Si](c2ccccc2)(c2ccccc2)C(C)(C)C)c(=O)[nH]1. The third-order valence-electron chi connectivity index (χ3n) is 8.43. The summed E-state index contributed by atoms with van der Waals surface area (Å²) < 4.78 is 15.7. The zero-order chi connectivity index (χ0) is 29.6. The van der Waals surface area contributed by atoms with Crippen LogP contribution in [0.4, 0.5) is 5.95 Å². The van der Waals surface area contributed by atoms with Crippen LogP contribution in [0.1, 0.15) is 39.8 Å². The molecule has 1 saturated heterocycles. The van der Waals surface area contributed by atoms with Crippen molar-refractivity contribution in [1.82, 2.24) is 24.4 Å². The van der Waals surface area contributed by atoms with E-state index in [-0.39, 0.29) is 34.1 Å². The van der Waals surface area contributed by atoms with Gasteiger partial charge in [0.2, 0.25) is 5.95 Å². The molecule has 0 radical (unpaired) electrons. The zero-order valence-electron chi connectivity index (χ0n) is 24.6. The van der Waals surface area contributed by atoms with Crippen molar-refractivity contribution in [3.63, 3.8) is 0 Å². The molecule has 2 aromatic carbocycles. The summed E-state index contributed by atoms with van der Waals surface area (Å²) in [7, 11) is 0.846. The summed E-state index contributed by atoms with van der Waals surface area (Å²) in [5.41, 5.74) is 0.254. The van der Waals surface area contributed by atoms with Gasteiger partial charge in [0.25, 0.3) is 13.9 Å². The number of nitrogens with one attached hydrogen (secondary N) is 1. The molecule has 3 heterocycles. The van der Waals surface area contributed by atoms with Crippen molar-refractivity contribution < 1.29 is 14.3 Å². The number of rotatable bonds is 7. The van der Waals surface area contributed by atoms with E-state index in [1.807, 2.05) is 26.2 Å². The summed E-state index contributed by atoms with van der Waals surface area (Å²) in [6, 6.07) is 21.1. The third-order valence-corrected chi connectivity index (χ3v) is 13.5. The molecule has 42 heavy (non-hydrogen) atoms. The Kier molecular flexibility index (Phi) is 7.38. The molecule has 5 atom stereocenters. The number of imidazole rings is 1. The molecular weight excluding hydrogens is 548 g/mol. The highest BCUT2D eigenvalue weighted by Crippen LogP contribution is 2.48. The van der Waals surface area contributed by atoms with Crippen LogP contribution in [-0.4, -0.2) is 76.6 Å². The Balaban J connectivity index is 1.36. The van der Waals surface area contributed by atoms with Gasteiger partial charge in [0.15, 0.2) is 11.2 Å². The van der Waals surface area contributed by atoms with Crippen molar-refractivity contribution in [2.45, 2.75) is 63.2 Å². The molecule has 2 aromatic heterocycles. The predicted molar refractivity (Wildman–Crippen MR) is 165 cm³/mol. The number of aliphatic imine (C=N–C) groups is 1. The molecular formula is C31H38N6O4Si. The largest absolute Gasteiger partial charge is 0.404 e. The van der Waals surface area contributed by atoms with Crippen LogP contribution in [0.15, 0.2) is 76.8 Å². The van der Waals surface area contributed by atoms with Gasteiger partial charge in [-0.05, 0) is 15.4 Å². The van der Waals surface area contributed by atoms with Gasteiger partial charge < -0.3 is 19.2 Å². The molecule has 10 nitrogen and oxygen atoms in total. The van der Waals surface area contributed by atoms with Crippen LogP contribution in [-0.2, 0) is 9.16 Å². The number of aromatic nitrogens is 4. The van der Waals surface area contributed by atoms with Crippen molar-refractivity contribution in [2.24, 2.45) is 10.9 Å². The average molecular weight is 587 g/mol. The Morgan fingerprint density at radius 2 is 1.74 bits per heavy atom. The normalized spacial score (nSPS) is 24.5. The molecule has 0 amide bonds. The first-order chi connectivity index (χ1) is 20.1. The van der Waals surface area contributed by atoms with Gasteiger partial charge in [-0.3, -0.25) is 14.3 Å². The molecule has 0 unspecified atom stereocenters. The van der Waals surface area contributed by atoms with Crippen molar-refractivity contribution in [3.05, 3.63) is 77.3 Å². The van der Waals surface area contributed by atoms with Gasteiger partial charge in [0.1, 0.15) is 6.23 Å². The maximum absolute atomic E-state index is 12.7. The van der Waals surface area contributed by atoms with E-state index in [9.17, 15) is 9.90 Å². The van der Waals surface area contributed by atoms with E-state index >= 15 is 0 Å². The minimum atomic E-state index is -2.83. The first-order valence-corrected chi connectivity index (χ1v) is 16.3. The highest BCUT2D eigenvalue weighted by atomic mass is 28.4. The number of fused-ring (bicyclic) bond motifs is 2. The van der Waals surface area contributed by atoms with Gasteiger partial charge in [0.05, 0.1) is 31.0 Å². The average Bonchev–Trinajstić information content (AvgIpc) is 3.66. The van der Waals surface area contributed by atoms with Crippen LogP contribution in [0, 0.1) is 5.92 Å². The predicted octanol–water partition coefficient (Wildman–Crippen LogP) is 2.95. The number of hydrogen-bond acceptors (Lipinski definition) is 7. The lowest BCUT2D eigenvalue weighted by Gasteiger charge is -2.45. The summed E-state index contributed by atoms with van der Waals surface area (Å²) in [5.74, 6) is 0.145. The third kappa shape index (κ3) is 4.90. The Bertz CT molecular complexity index is 1590. The fourth-order valence-corrected chi connectivity index (χ4v) is 11.3. The van der Waals surface area contributed by atoms with Crippen molar-refractivity contribution in [1.29, 1.82) is 0 Å². The molecule has 4 aromatic rings. The summed E-state index contributed by atoms with van der Waals surface area (Å²) in [4.78, 5) is 30.3. The van der Waals surface area contributed by atoms with Crippen LogP contribution in [0.2, 0.25) is 5.04 Å². The number of aliphatic hydroxyl groups excluding tert-OH is 1. The molecule has 2 fully saturated rings. The van der Waals surface area contributed by atoms with Gasteiger partial charge in [-0.2, -0.15) is 4.98 Å². The Morgan fingerprint density at radius 1 is 1.10 bits per heavy atom. The number of hydrogen-bond donors (Lipinski definition) is 2. The van der Waals surface area contributed by atoms with Crippen LogP contribution in [0.3, 0.4) is 0 Å². The summed E-state index contributed by atoms with van der Waals surface area (Å²) >= 11 is 0. The molecule has 6 rings (SSSR count). The van der Waals surface area contributed by atoms with E-state index in [1.54, 1.807) is 22.1 Å². The van der Waals surface area contributed by atoms with E-state index < -0.39 is 26.8 Å². The van der Waals surface area contributed by atoms with E-state index in [1.165, 1.54) is 10.4 Å². The van der Waals surface area contributed by atoms with Crippen molar-refractivity contribution in [3.8, 4) is 0 Å². The lowest BCUT2D eigenvalue weighted by Crippen LogP contribution is -2.68. The number of benzene rings is 2. The van der Waals surface area contributed by atoms with Crippen LogP contribution in [0.5, 0.6) is 0 Å². The molecule has 1 saturated carbocycles. The molecule has 0 bridgehead atoms. The number of ether oxygens (including phenoxy) is 1. The standard InChI is InChI=1S/C31H38N6O4Si/c1-31(2,3)42(20-12-8-6-9-13-20,21-14-10-7-11-15-21)41-24-17-23(38)27-22(24)16-25(40-27)37-19-32-26-28(37)34-30(35-29(26)39)33-18-36(4)5/h6-15,18-19,22-25,27,38H,16-17H2,1-5H3,(H,34,35,39)/t22-,23+,24+,25+,27-/m0/s1. The van der Waals surface area contributed by atoms with Gasteiger partial charge in [-0.25, -0.2) is 9.98 Å². The van der Waals surface area contributed by atoms with Crippen LogP contribution >= 0.6 is 0 Å². The number of nitrogens with zero attached hydrogens (tertiary/aromatic N) is 5. The van der Waals surface area contributed by atoms with Crippen LogP contribution < -0.4 is 15.9 Å². The Hall–Kier alpha value is -3.64. The number of aliphatic hydroxyl groups is 1. The second kappa shape index (κ2) is 10.9. The van der Waals surface area contributed by atoms with E-state index in [0.29, 0.717) is 18.5 Å². The van der Waals surface area contributed by atoms with Crippen molar-refractivity contribution in [2.75, 3.05) is 14.1 Å². The second-order valence-electron chi connectivity index (χ2n) is 12.5. The molecule has 2 N–H and O–H groups in total. The highest BCUT2D eigenvalue weighted by Gasteiger charge is 2.57. The van der Waals surface area contributed by atoms with Gasteiger partial charge >= 0.3 is 0 Å². The highest BCUT2D eigenvalue weighted by molar-refractivity contribution is 6.99. The molecule has 11 heteroatoms. The van der Waals surface area contributed by atoms with Gasteiger partial charge in [-0.1, -0.05) is 81.4 Å². The molecule has 2 aliphatic rings. The zero-order valence-corrected chi connectivity index (χ0v) is 25.6. The minimum absolute atomic E-state index is 0.0441. The topological polar surface area (TPSA) is 118 Å². The fourth-order valence-electron chi connectivity index (χ4n) is 6.58. The fraction of sp³-hybridized carbons (Fsp3) is 0.419. The monoisotopic (exact) mass is 586 g/mol. The summed E-state index contributed by atoms with van der Waals surface area (Å²) in [6.07, 6.45) is 2.52. The lowest BCUT2D eigenvalue weighted by molar-refractivity contribution is -0.0525. The molecule has 1 aliphatic heterocycles. The lowest BCUT2D eigenvalue weighted by atomic mass is 10.0.